The monoisotopic (exact) mass is 348 g/mol. The van der Waals surface area contributed by atoms with Gasteiger partial charge >= 0.3 is 0 Å². The summed E-state index contributed by atoms with van der Waals surface area (Å²) in [6, 6.07) is 0. The molecule has 2 nitrogen and oxygen atoms in total. The number of aliphatic carboxylic acids is 1. The number of rotatable bonds is 1. The lowest BCUT2D eigenvalue weighted by molar-refractivity contribution is -0.134. The molecule has 25 heavy (non-hydrogen) atoms. The first-order chi connectivity index (χ1) is 11.8. The Morgan fingerprint density at radius 2 is 1.60 bits per heavy atom. The summed E-state index contributed by atoms with van der Waals surface area (Å²) in [5.41, 5.74) is 1.45. The lowest BCUT2D eigenvalue weighted by Crippen LogP contribution is -2.52. The summed E-state index contributed by atoms with van der Waals surface area (Å²) in [7, 11) is 0. The van der Waals surface area contributed by atoms with Gasteiger partial charge in [0, 0.05) is 6.92 Å². The average Bonchev–Trinajstić information content (AvgIpc) is 2.90. The van der Waals surface area contributed by atoms with Crippen LogP contribution in [0.4, 0.5) is 0 Å². The van der Waals surface area contributed by atoms with Gasteiger partial charge in [-0.15, -0.1) is 0 Å². The van der Waals surface area contributed by atoms with E-state index in [1.54, 1.807) is 51.4 Å². The molecule has 2 heteroatoms. The van der Waals surface area contributed by atoms with Crippen LogP contribution in [0.15, 0.2) is 0 Å². The third-order valence-electron chi connectivity index (χ3n) is 9.27. The van der Waals surface area contributed by atoms with E-state index in [1.807, 2.05) is 0 Å². The van der Waals surface area contributed by atoms with Gasteiger partial charge in [0.25, 0.3) is 5.97 Å². The number of hydrogen-bond donors (Lipinski definition) is 1. The first kappa shape index (κ1) is 19.2. The highest BCUT2D eigenvalue weighted by atomic mass is 16.4. The van der Waals surface area contributed by atoms with Crippen LogP contribution in [0.1, 0.15) is 98.3 Å². The summed E-state index contributed by atoms with van der Waals surface area (Å²) in [4.78, 5) is 9.00. The molecular formula is C23H40O2. The molecule has 0 aromatic carbocycles. The van der Waals surface area contributed by atoms with Gasteiger partial charge in [0.2, 0.25) is 0 Å². The van der Waals surface area contributed by atoms with Gasteiger partial charge in [0.05, 0.1) is 0 Å². The summed E-state index contributed by atoms with van der Waals surface area (Å²) in [5.74, 6) is 4.56. The number of carboxylic acids is 1. The van der Waals surface area contributed by atoms with E-state index in [1.165, 1.54) is 19.3 Å². The van der Waals surface area contributed by atoms with Crippen molar-refractivity contribution >= 4 is 5.97 Å². The van der Waals surface area contributed by atoms with E-state index < -0.39 is 5.97 Å². The van der Waals surface area contributed by atoms with E-state index in [9.17, 15) is 0 Å². The Balaban J connectivity index is 0.000000415. The second-order valence-corrected chi connectivity index (χ2v) is 10.1. The van der Waals surface area contributed by atoms with Crippen LogP contribution in [0, 0.1) is 40.4 Å². The van der Waals surface area contributed by atoms with Crippen molar-refractivity contribution in [2.24, 2.45) is 40.4 Å². The fourth-order valence-corrected chi connectivity index (χ4v) is 8.07. The lowest BCUT2D eigenvalue weighted by Gasteiger charge is -2.60. The molecule has 4 aliphatic rings. The molecule has 0 radical (unpaired) electrons. The maximum Gasteiger partial charge on any atom is 0.300 e. The summed E-state index contributed by atoms with van der Waals surface area (Å²) >= 11 is 0. The van der Waals surface area contributed by atoms with Gasteiger partial charge in [-0.1, -0.05) is 40.0 Å². The third-order valence-corrected chi connectivity index (χ3v) is 9.27. The van der Waals surface area contributed by atoms with Crippen molar-refractivity contribution in [1.29, 1.82) is 0 Å². The SMILES string of the molecule is CC(=O)O.CC[C@H]1CC[C@H]2[C@@H]3CCC4CCCC[C@]4(C)[C@H]3CC[C@]12C. The minimum absolute atomic E-state index is 0.716. The standard InChI is InChI=1S/C21H36.C2H4O2/c1-4-15-9-11-18-17-10-8-16-7-5-6-13-20(16,2)19(17)12-14-21(15,18)3;1-2(3)4/h15-19H,4-14H2,1-3H3;1H3,(H,3,4)/t15-,16?,17-,18-,19-,20-,21+;/m0./s1. The molecule has 144 valence electrons. The predicted octanol–water partition coefficient (Wildman–Crippen LogP) is 6.54. The van der Waals surface area contributed by atoms with Crippen molar-refractivity contribution in [3.05, 3.63) is 0 Å². The van der Waals surface area contributed by atoms with E-state index in [4.69, 9.17) is 9.90 Å². The number of carboxylic acid groups (broad SMARTS) is 1. The summed E-state index contributed by atoms with van der Waals surface area (Å²) in [6.07, 6.45) is 17.0. The topological polar surface area (TPSA) is 37.3 Å². The van der Waals surface area contributed by atoms with Crippen LogP contribution in [0.25, 0.3) is 0 Å². The van der Waals surface area contributed by atoms with Crippen molar-refractivity contribution in [2.45, 2.75) is 98.3 Å². The Hall–Kier alpha value is -0.530. The molecule has 4 aliphatic carbocycles. The zero-order valence-electron chi connectivity index (χ0n) is 17.0. The largest absolute Gasteiger partial charge is 0.481 e. The minimum atomic E-state index is -0.833. The molecule has 4 rings (SSSR count). The van der Waals surface area contributed by atoms with Gasteiger partial charge in [-0.25, -0.2) is 0 Å². The molecule has 4 fully saturated rings. The van der Waals surface area contributed by atoms with Gasteiger partial charge in [-0.05, 0) is 91.8 Å². The molecular weight excluding hydrogens is 308 g/mol. The zero-order valence-corrected chi connectivity index (χ0v) is 17.0. The van der Waals surface area contributed by atoms with Crippen molar-refractivity contribution in [3.8, 4) is 0 Å². The van der Waals surface area contributed by atoms with Gasteiger partial charge in [-0.3, -0.25) is 4.79 Å². The zero-order chi connectivity index (χ0) is 18.2. The van der Waals surface area contributed by atoms with Crippen molar-refractivity contribution in [1.82, 2.24) is 0 Å². The smallest absolute Gasteiger partial charge is 0.300 e. The molecule has 4 saturated carbocycles. The number of fused-ring (bicyclic) bond motifs is 5. The van der Waals surface area contributed by atoms with Crippen LogP contribution < -0.4 is 0 Å². The van der Waals surface area contributed by atoms with Crippen molar-refractivity contribution in [2.75, 3.05) is 0 Å². The van der Waals surface area contributed by atoms with E-state index in [0.29, 0.717) is 5.41 Å². The Kier molecular flexibility index (Phi) is 5.57. The molecule has 0 aromatic heterocycles. The second-order valence-electron chi connectivity index (χ2n) is 10.1. The van der Waals surface area contributed by atoms with Crippen LogP contribution >= 0.6 is 0 Å². The Morgan fingerprint density at radius 1 is 0.920 bits per heavy atom. The van der Waals surface area contributed by atoms with Crippen LogP contribution in [0.2, 0.25) is 0 Å². The number of carbonyl (C=O) groups is 1. The highest BCUT2D eigenvalue weighted by Crippen LogP contribution is 2.67. The maximum absolute atomic E-state index is 9.00. The molecule has 0 bridgehead atoms. The summed E-state index contributed by atoms with van der Waals surface area (Å²) in [5, 5.41) is 7.42. The summed E-state index contributed by atoms with van der Waals surface area (Å²) < 4.78 is 0. The van der Waals surface area contributed by atoms with E-state index in [-0.39, 0.29) is 0 Å². The highest BCUT2D eigenvalue weighted by molar-refractivity contribution is 5.62. The van der Waals surface area contributed by atoms with E-state index >= 15 is 0 Å². The molecule has 1 unspecified atom stereocenters. The predicted molar refractivity (Wildman–Crippen MR) is 103 cm³/mol. The van der Waals surface area contributed by atoms with Crippen LogP contribution in [-0.4, -0.2) is 11.1 Å². The second kappa shape index (κ2) is 7.24. The van der Waals surface area contributed by atoms with Gasteiger partial charge in [-0.2, -0.15) is 0 Å². The normalized spacial score (nSPS) is 48.4. The van der Waals surface area contributed by atoms with Crippen molar-refractivity contribution < 1.29 is 9.90 Å². The average molecular weight is 349 g/mol. The fraction of sp³-hybridized carbons (Fsp3) is 0.957. The van der Waals surface area contributed by atoms with E-state index in [2.05, 4.69) is 20.8 Å². The van der Waals surface area contributed by atoms with Gasteiger partial charge in [0.1, 0.15) is 0 Å². The van der Waals surface area contributed by atoms with Crippen LogP contribution in [-0.2, 0) is 4.79 Å². The van der Waals surface area contributed by atoms with E-state index in [0.717, 1.165) is 41.9 Å². The summed E-state index contributed by atoms with van der Waals surface area (Å²) in [6.45, 7) is 8.93. The molecule has 0 heterocycles. The molecule has 0 aliphatic heterocycles. The lowest BCUT2D eigenvalue weighted by atomic mass is 9.45. The Bertz CT molecular complexity index is 482. The maximum atomic E-state index is 9.00. The highest BCUT2D eigenvalue weighted by Gasteiger charge is 2.59. The fourth-order valence-electron chi connectivity index (χ4n) is 8.07. The first-order valence-electron chi connectivity index (χ1n) is 11.0. The van der Waals surface area contributed by atoms with Crippen molar-refractivity contribution in [3.63, 3.8) is 0 Å². The van der Waals surface area contributed by atoms with Gasteiger partial charge in [0.15, 0.2) is 0 Å². The molecule has 0 spiro atoms. The molecule has 0 saturated heterocycles. The quantitative estimate of drug-likeness (QED) is 0.584. The van der Waals surface area contributed by atoms with Crippen LogP contribution in [0.3, 0.4) is 0 Å². The van der Waals surface area contributed by atoms with Crippen LogP contribution in [0.5, 0.6) is 0 Å². The third kappa shape index (κ3) is 3.28. The number of hydrogen-bond acceptors (Lipinski definition) is 1. The Labute approximate surface area is 155 Å². The first-order valence-corrected chi connectivity index (χ1v) is 11.0. The molecule has 0 amide bonds. The molecule has 7 atom stereocenters. The minimum Gasteiger partial charge on any atom is -0.481 e. The Morgan fingerprint density at radius 3 is 2.28 bits per heavy atom. The van der Waals surface area contributed by atoms with Gasteiger partial charge < -0.3 is 5.11 Å². The molecule has 0 aromatic rings. The molecule has 1 N–H and O–H groups in total.